The third-order valence-electron chi connectivity index (χ3n) is 2.43. The Morgan fingerprint density at radius 1 is 1.33 bits per heavy atom. The second-order valence-electron chi connectivity index (χ2n) is 3.42. The highest BCUT2D eigenvalue weighted by Gasteiger charge is 2.36. The second kappa shape index (κ2) is 2.98. The van der Waals surface area contributed by atoms with E-state index in [0.29, 0.717) is 11.8 Å². The lowest BCUT2D eigenvalue weighted by atomic mass is 10.1. The maximum atomic E-state index is 8.60. The molecule has 1 aliphatic carbocycles. The lowest BCUT2D eigenvalue weighted by molar-refractivity contribution is 0.789. The zero-order valence-corrected chi connectivity index (χ0v) is 6.90. The summed E-state index contributed by atoms with van der Waals surface area (Å²) < 4.78 is 0. The number of hydrogen-bond acceptors (Lipinski definition) is 1. The molecule has 0 aliphatic heterocycles. The first-order valence-electron chi connectivity index (χ1n) is 4.33. The van der Waals surface area contributed by atoms with E-state index in [0.717, 1.165) is 12.8 Å². The van der Waals surface area contributed by atoms with Gasteiger partial charge in [0.05, 0.1) is 6.07 Å². The fourth-order valence-corrected chi connectivity index (χ4v) is 1.55. The van der Waals surface area contributed by atoms with Crippen molar-refractivity contribution in [3.63, 3.8) is 0 Å². The average Bonchev–Trinajstić information content (AvgIpc) is 2.85. The lowest BCUT2D eigenvalue weighted by Crippen LogP contribution is -1.87. The van der Waals surface area contributed by atoms with Gasteiger partial charge in [-0.3, -0.25) is 0 Å². The summed E-state index contributed by atoms with van der Waals surface area (Å²) in [5.74, 6) is 0.975. The molecule has 2 rings (SSSR count). The molecule has 0 N–H and O–H groups in total. The van der Waals surface area contributed by atoms with Gasteiger partial charge in [0, 0.05) is 5.92 Å². The highest BCUT2D eigenvalue weighted by Crippen LogP contribution is 2.40. The fraction of sp³-hybridized carbons (Fsp3) is 0.364. The van der Waals surface area contributed by atoms with Crippen molar-refractivity contribution in [2.75, 3.05) is 0 Å². The molecular weight excluding hydrogens is 146 g/mol. The van der Waals surface area contributed by atoms with Gasteiger partial charge >= 0.3 is 0 Å². The largest absolute Gasteiger partial charge is 0.198 e. The van der Waals surface area contributed by atoms with Crippen LogP contribution in [0.3, 0.4) is 0 Å². The molecule has 0 aromatic heterocycles. The molecule has 0 amide bonds. The molecule has 1 nitrogen and oxygen atoms in total. The van der Waals surface area contributed by atoms with E-state index in [4.69, 9.17) is 5.26 Å². The molecule has 0 saturated heterocycles. The smallest absolute Gasteiger partial charge is 0.0658 e. The van der Waals surface area contributed by atoms with E-state index >= 15 is 0 Å². The summed E-state index contributed by atoms with van der Waals surface area (Å²) in [5.41, 5.74) is 1.36. The minimum absolute atomic E-state index is 0.338. The molecule has 1 aliphatic rings. The molecule has 1 aromatic carbocycles. The summed E-state index contributed by atoms with van der Waals surface area (Å²) in [5, 5.41) is 8.60. The summed E-state index contributed by atoms with van der Waals surface area (Å²) in [4.78, 5) is 0. The van der Waals surface area contributed by atoms with Crippen LogP contribution in [0.25, 0.3) is 0 Å². The summed E-state index contributed by atoms with van der Waals surface area (Å²) >= 11 is 0. The van der Waals surface area contributed by atoms with Gasteiger partial charge in [0.1, 0.15) is 0 Å². The molecule has 1 aromatic rings. The Bertz CT molecular complexity index is 297. The molecule has 2 atom stereocenters. The van der Waals surface area contributed by atoms with Crippen molar-refractivity contribution in [1.82, 2.24) is 0 Å². The molecule has 0 spiro atoms. The number of benzene rings is 1. The van der Waals surface area contributed by atoms with Crippen molar-refractivity contribution < 1.29 is 0 Å². The first-order valence-corrected chi connectivity index (χ1v) is 4.33. The number of hydrogen-bond donors (Lipinski definition) is 0. The average molecular weight is 157 g/mol. The van der Waals surface area contributed by atoms with Crippen molar-refractivity contribution in [3.8, 4) is 6.07 Å². The van der Waals surface area contributed by atoms with Gasteiger partial charge in [-0.05, 0) is 24.3 Å². The maximum Gasteiger partial charge on any atom is 0.0658 e. The monoisotopic (exact) mass is 157 g/mol. The van der Waals surface area contributed by atoms with E-state index in [1.54, 1.807) is 0 Å². The third-order valence-corrected chi connectivity index (χ3v) is 2.43. The SMILES string of the molecule is N#C[C@H]1C[C@@H]1Cc1ccccc1. The van der Waals surface area contributed by atoms with Crippen LogP contribution in [0.2, 0.25) is 0 Å². The highest BCUT2D eigenvalue weighted by atomic mass is 14.4. The summed E-state index contributed by atoms with van der Waals surface area (Å²) in [6.45, 7) is 0. The molecule has 1 saturated carbocycles. The Labute approximate surface area is 72.6 Å². The zero-order valence-electron chi connectivity index (χ0n) is 6.90. The van der Waals surface area contributed by atoms with E-state index in [1.165, 1.54) is 5.56 Å². The van der Waals surface area contributed by atoms with Crippen LogP contribution in [0.1, 0.15) is 12.0 Å². The fourth-order valence-electron chi connectivity index (χ4n) is 1.55. The molecule has 0 bridgehead atoms. The minimum Gasteiger partial charge on any atom is -0.198 e. The molecular formula is C11H11N. The third kappa shape index (κ3) is 1.48. The topological polar surface area (TPSA) is 23.8 Å². The van der Waals surface area contributed by atoms with Gasteiger partial charge in [-0.25, -0.2) is 0 Å². The van der Waals surface area contributed by atoms with Gasteiger partial charge < -0.3 is 0 Å². The highest BCUT2D eigenvalue weighted by molar-refractivity contribution is 5.18. The van der Waals surface area contributed by atoms with E-state index in [2.05, 4.69) is 30.3 Å². The quantitative estimate of drug-likeness (QED) is 0.646. The zero-order chi connectivity index (χ0) is 8.39. The first-order chi connectivity index (χ1) is 5.90. The minimum atomic E-state index is 0.338. The van der Waals surface area contributed by atoms with Crippen molar-refractivity contribution in [2.24, 2.45) is 11.8 Å². The second-order valence-corrected chi connectivity index (χ2v) is 3.42. The molecule has 1 fully saturated rings. The van der Waals surface area contributed by atoms with E-state index in [9.17, 15) is 0 Å². The van der Waals surface area contributed by atoms with Crippen LogP contribution in [-0.2, 0) is 6.42 Å². The summed E-state index contributed by atoms with van der Waals surface area (Å²) in [6.07, 6.45) is 2.18. The Morgan fingerprint density at radius 3 is 2.67 bits per heavy atom. The summed E-state index contributed by atoms with van der Waals surface area (Å²) in [6, 6.07) is 12.7. The molecule has 12 heavy (non-hydrogen) atoms. The predicted molar refractivity (Wildman–Crippen MR) is 47.4 cm³/mol. The normalized spacial score (nSPS) is 26.2. The number of nitrogens with zero attached hydrogens (tertiary/aromatic N) is 1. The van der Waals surface area contributed by atoms with Crippen LogP contribution in [-0.4, -0.2) is 0 Å². The van der Waals surface area contributed by atoms with E-state index in [-0.39, 0.29) is 0 Å². The van der Waals surface area contributed by atoms with Crippen LogP contribution >= 0.6 is 0 Å². The van der Waals surface area contributed by atoms with Gasteiger partial charge in [0.2, 0.25) is 0 Å². The van der Waals surface area contributed by atoms with Crippen LogP contribution in [0, 0.1) is 23.2 Å². The molecule has 1 heteroatoms. The van der Waals surface area contributed by atoms with Gasteiger partial charge in [-0.2, -0.15) is 5.26 Å². The molecule has 0 radical (unpaired) electrons. The number of rotatable bonds is 2. The van der Waals surface area contributed by atoms with Crippen molar-refractivity contribution >= 4 is 0 Å². The molecule has 0 heterocycles. The lowest BCUT2D eigenvalue weighted by Gasteiger charge is -1.96. The van der Waals surface area contributed by atoms with Gasteiger partial charge in [-0.15, -0.1) is 0 Å². The Kier molecular flexibility index (Phi) is 1.83. The Balaban J connectivity index is 1.95. The summed E-state index contributed by atoms with van der Waals surface area (Å²) in [7, 11) is 0. The van der Waals surface area contributed by atoms with Gasteiger partial charge in [0.15, 0.2) is 0 Å². The van der Waals surface area contributed by atoms with Crippen molar-refractivity contribution in [1.29, 1.82) is 5.26 Å². The number of nitriles is 1. The predicted octanol–water partition coefficient (Wildman–Crippen LogP) is 2.39. The van der Waals surface area contributed by atoms with Crippen molar-refractivity contribution in [3.05, 3.63) is 35.9 Å². The van der Waals surface area contributed by atoms with Crippen LogP contribution in [0.4, 0.5) is 0 Å². The van der Waals surface area contributed by atoms with Gasteiger partial charge in [-0.1, -0.05) is 30.3 Å². The molecule has 60 valence electrons. The van der Waals surface area contributed by atoms with E-state index in [1.807, 2.05) is 6.07 Å². The van der Waals surface area contributed by atoms with Crippen molar-refractivity contribution in [2.45, 2.75) is 12.8 Å². The first kappa shape index (κ1) is 7.36. The van der Waals surface area contributed by atoms with Crippen LogP contribution in [0.5, 0.6) is 0 Å². The van der Waals surface area contributed by atoms with Crippen LogP contribution < -0.4 is 0 Å². The van der Waals surface area contributed by atoms with Crippen LogP contribution in [0.15, 0.2) is 30.3 Å². The molecule has 0 unspecified atom stereocenters. The maximum absolute atomic E-state index is 8.60. The van der Waals surface area contributed by atoms with Gasteiger partial charge in [0.25, 0.3) is 0 Å². The van der Waals surface area contributed by atoms with E-state index < -0.39 is 0 Å². The Morgan fingerprint density at radius 2 is 2.08 bits per heavy atom. The Hall–Kier alpha value is -1.29. The standard InChI is InChI=1S/C11H11N/c12-8-11-7-10(11)6-9-4-2-1-3-5-9/h1-5,10-11H,6-7H2/t10-,11+/m0/s1.